The Morgan fingerprint density at radius 3 is 2.47 bits per heavy atom. The van der Waals surface area contributed by atoms with Crippen molar-refractivity contribution < 1.29 is 33.8 Å². The van der Waals surface area contributed by atoms with Gasteiger partial charge < -0.3 is 29.3 Å². The number of benzene rings is 1. The van der Waals surface area contributed by atoms with Crippen molar-refractivity contribution in [2.75, 3.05) is 20.2 Å². The van der Waals surface area contributed by atoms with Crippen LogP contribution in [0.1, 0.15) is 84.3 Å². The minimum absolute atomic E-state index is 0.101. The molecule has 0 radical (unpaired) electrons. The summed E-state index contributed by atoms with van der Waals surface area (Å²) in [6.07, 6.45) is 5.80. The maximum Gasteiger partial charge on any atom is 0.313 e. The predicted molar refractivity (Wildman–Crippen MR) is 179 cm³/mol. The number of hydrogen-bond acceptors (Lipinski definition) is 7. The number of likely N-dealkylation sites (N-methyl/N-ethyl adjacent to an activating group) is 1. The van der Waals surface area contributed by atoms with Gasteiger partial charge >= 0.3 is 5.97 Å². The molecule has 3 fully saturated rings. The number of allylic oxidation sites excluding steroid dienone is 1. The van der Waals surface area contributed by atoms with E-state index in [0.29, 0.717) is 32.2 Å². The van der Waals surface area contributed by atoms with E-state index in [1.807, 2.05) is 51.1 Å². The van der Waals surface area contributed by atoms with Crippen LogP contribution in [0.5, 0.6) is 0 Å². The number of aliphatic hydroxyl groups is 1. The van der Waals surface area contributed by atoms with E-state index >= 15 is 0 Å². The van der Waals surface area contributed by atoms with E-state index in [1.54, 1.807) is 29.0 Å². The highest BCUT2D eigenvalue weighted by molar-refractivity contribution is 5.98. The summed E-state index contributed by atoms with van der Waals surface area (Å²) in [6, 6.07) is 7.05. The van der Waals surface area contributed by atoms with Crippen LogP contribution in [0.15, 0.2) is 55.6 Å². The van der Waals surface area contributed by atoms with Crippen molar-refractivity contribution in [1.82, 2.24) is 14.7 Å². The Bertz CT molecular complexity index is 1300. The zero-order valence-electron chi connectivity index (χ0n) is 28.7. The molecule has 3 heterocycles. The van der Waals surface area contributed by atoms with Gasteiger partial charge in [0, 0.05) is 26.1 Å². The molecule has 10 heteroatoms. The van der Waals surface area contributed by atoms with Crippen LogP contribution in [0.3, 0.4) is 0 Å². The van der Waals surface area contributed by atoms with Crippen LogP contribution in [-0.4, -0.2) is 99.6 Å². The number of aliphatic hydroxyl groups excluding tert-OH is 1. The van der Waals surface area contributed by atoms with Crippen LogP contribution < -0.4 is 0 Å². The lowest BCUT2D eigenvalue weighted by Crippen LogP contribution is -2.60. The molecule has 258 valence electrons. The topological polar surface area (TPSA) is 117 Å². The second kappa shape index (κ2) is 15.6. The molecule has 1 aromatic rings. The molecular formula is C37H53N3O7. The van der Waals surface area contributed by atoms with Crippen molar-refractivity contribution >= 4 is 23.7 Å². The second-order valence-electron chi connectivity index (χ2n) is 13.3. The SMILES string of the molecule is C=CCCC(=O)N(C)[C@@H](C)[C@@H](OC(=O)[C@@H]1[C@H]2C(=O)N([C@@H](CC)CO)[C@H](C(=O)N(CC=C)C(C)CCC)[C@]23CC[C@H]1O3)c1ccccc1. The summed E-state index contributed by atoms with van der Waals surface area (Å²) in [5.74, 6) is -3.18. The number of carbonyl (C=O) groups excluding carboxylic acids is 4. The molecule has 3 aliphatic heterocycles. The third-order valence-electron chi connectivity index (χ3n) is 10.5. The Kier molecular flexibility index (Phi) is 12.1. The van der Waals surface area contributed by atoms with E-state index in [1.165, 1.54) is 4.90 Å². The van der Waals surface area contributed by atoms with Gasteiger partial charge in [0.2, 0.25) is 17.7 Å². The van der Waals surface area contributed by atoms with Gasteiger partial charge in [-0.1, -0.05) is 62.8 Å². The fourth-order valence-electron chi connectivity index (χ4n) is 7.93. The first-order valence-electron chi connectivity index (χ1n) is 17.2. The molecule has 3 aliphatic rings. The van der Waals surface area contributed by atoms with Crippen LogP contribution in [-0.2, 0) is 28.7 Å². The van der Waals surface area contributed by atoms with Crippen molar-refractivity contribution in [3.63, 3.8) is 0 Å². The molecule has 1 N–H and O–H groups in total. The normalized spacial score (nSPS) is 27.0. The molecule has 0 saturated carbocycles. The van der Waals surface area contributed by atoms with Gasteiger partial charge in [0.25, 0.3) is 0 Å². The summed E-state index contributed by atoms with van der Waals surface area (Å²) in [4.78, 5) is 61.2. The van der Waals surface area contributed by atoms with Crippen LogP contribution in [0, 0.1) is 11.8 Å². The fraction of sp³-hybridized carbons (Fsp3) is 0.622. The van der Waals surface area contributed by atoms with E-state index in [4.69, 9.17) is 9.47 Å². The first-order valence-corrected chi connectivity index (χ1v) is 17.2. The lowest BCUT2D eigenvalue weighted by Gasteiger charge is -2.40. The quantitative estimate of drug-likeness (QED) is 0.196. The van der Waals surface area contributed by atoms with E-state index in [9.17, 15) is 24.3 Å². The predicted octanol–water partition coefficient (Wildman–Crippen LogP) is 4.43. The van der Waals surface area contributed by atoms with Gasteiger partial charge in [-0.15, -0.1) is 13.2 Å². The number of amides is 3. The lowest BCUT2D eigenvalue weighted by atomic mass is 9.70. The lowest BCUT2D eigenvalue weighted by molar-refractivity contribution is -0.165. The molecular weight excluding hydrogens is 598 g/mol. The van der Waals surface area contributed by atoms with Gasteiger partial charge in [-0.05, 0) is 51.5 Å². The Balaban J connectivity index is 1.71. The smallest absolute Gasteiger partial charge is 0.313 e. The Labute approximate surface area is 279 Å². The Hall–Kier alpha value is -3.50. The minimum atomic E-state index is -1.22. The first kappa shape index (κ1) is 36.3. The second-order valence-corrected chi connectivity index (χ2v) is 13.3. The van der Waals surface area contributed by atoms with Crippen molar-refractivity contribution in [2.24, 2.45) is 11.8 Å². The number of rotatable bonds is 17. The molecule has 9 atom stereocenters. The summed E-state index contributed by atoms with van der Waals surface area (Å²) in [7, 11) is 1.69. The third kappa shape index (κ3) is 6.77. The highest BCUT2D eigenvalue weighted by Gasteiger charge is 2.75. The average molecular weight is 652 g/mol. The summed E-state index contributed by atoms with van der Waals surface area (Å²) in [5, 5.41) is 10.4. The monoisotopic (exact) mass is 651 g/mol. The molecule has 1 unspecified atom stereocenters. The molecule has 1 spiro atoms. The summed E-state index contributed by atoms with van der Waals surface area (Å²) < 4.78 is 12.9. The van der Waals surface area contributed by atoms with Crippen LogP contribution in [0.25, 0.3) is 0 Å². The summed E-state index contributed by atoms with van der Waals surface area (Å²) >= 11 is 0. The number of ether oxygens (including phenoxy) is 2. The molecule has 2 bridgehead atoms. The number of nitrogens with zero attached hydrogens (tertiary/aromatic N) is 3. The van der Waals surface area contributed by atoms with E-state index in [0.717, 1.165) is 18.4 Å². The standard InChI is InChI=1S/C37H53N3O7/c1-8-12-19-29(42)38(7)25(6)32(26-17-14-13-15-18-26)46-36(45)30-28-20-21-37(47-28)31(30)34(43)40(27(11-4)23-41)33(37)35(44)39(22-10-3)24(5)16-9-2/h8,10,13-15,17-18,24-25,27-28,30-33,41H,1,3,9,11-12,16,19-23H2,2,4-7H3/t24?,25-,27-,28+,30-,31-,32+,33+,37-/m0/s1. The minimum Gasteiger partial charge on any atom is -0.455 e. The van der Waals surface area contributed by atoms with Crippen molar-refractivity contribution in [2.45, 2.75) is 115 Å². The summed E-state index contributed by atoms with van der Waals surface area (Å²) in [6.45, 7) is 15.3. The number of esters is 1. The number of likely N-dealkylation sites (tertiary alicyclic amines) is 1. The highest BCUT2D eigenvalue weighted by atomic mass is 16.6. The van der Waals surface area contributed by atoms with E-state index in [-0.39, 0.29) is 36.8 Å². The highest BCUT2D eigenvalue weighted by Crippen LogP contribution is 2.59. The molecule has 10 nitrogen and oxygen atoms in total. The number of carbonyl (C=O) groups is 4. The number of hydrogen-bond donors (Lipinski definition) is 1. The van der Waals surface area contributed by atoms with E-state index in [2.05, 4.69) is 20.1 Å². The van der Waals surface area contributed by atoms with Crippen LogP contribution >= 0.6 is 0 Å². The van der Waals surface area contributed by atoms with Gasteiger partial charge in [-0.2, -0.15) is 0 Å². The molecule has 47 heavy (non-hydrogen) atoms. The van der Waals surface area contributed by atoms with Gasteiger partial charge in [-0.3, -0.25) is 19.2 Å². The van der Waals surface area contributed by atoms with Crippen molar-refractivity contribution in [3.8, 4) is 0 Å². The Morgan fingerprint density at radius 2 is 1.87 bits per heavy atom. The van der Waals surface area contributed by atoms with Gasteiger partial charge in [0.1, 0.15) is 17.7 Å². The molecule has 0 aromatic heterocycles. The molecule has 0 aliphatic carbocycles. The van der Waals surface area contributed by atoms with E-state index < -0.39 is 53.7 Å². The summed E-state index contributed by atoms with van der Waals surface area (Å²) in [5.41, 5.74) is -0.499. The zero-order valence-corrected chi connectivity index (χ0v) is 28.7. The average Bonchev–Trinajstić information content (AvgIpc) is 3.72. The third-order valence-corrected chi connectivity index (χ3v) is 10.5. The maximum absolute atomic E-state index is 14.6. The van der Waals surface area contributed by atoms with Gasteiger partial charge in [0.05, 0.1) is 36.6 Å². The zero-order chi connectivity index (χ0) is 34.5. The molecule has 1 aromatic carbocycles. The largest absolute Gasteiger partial charge is 0.455 e. The molecule has 3 amide bonds. The first-order chi connectivity index (χ1) is 22.5. The van der Waals surface area contributed by atoms with Gasteiger partial charge in [-0.25, -0.2) is 0 Å². The molecule has 4 rings (SSSR count). The van der Waals surface area contributed by atoms with Crippen LogP contribution in [0.2, 0.25) is 0 Å². The van der Waals surface area contributed by atoms with Gasteiger partial charge in [0.15, 0.2) is 0 Å². The number of fused-ring (bicyclic) bond motifs is 1. The molecule has 3 saturated heterocycles. The fourth-order valence-corrected chi connectivity index (χ4v) is 7.93. The van der Waals surface area contributed by atoms with Crippen LogP contribution in [0.4, 0.5) is 0 Å². The van der Waals surface area contributed by atoms with Crippen molar-refractivity contribution in [3.05, 3.63) is 61.2 Å². The maximum atomic E-state index is 14.6. The Morgan fingerprint density at radius 1 is 1.17 bits per heavy atom. The van der Waals surface area contributed by atoms with Crippen molar-refractivity contribution in [1.29, 1.82) is 0 Å².